The van der Waals surface area contributed by atoms with Crippen LogP contribution in [0.25, 0.3) is 0 Å². The number of aromatic nitrogens is 1. The van der Waals surface area contributed by atoms with Crippen molar-refractivity contribution in [1.82, 2.24) is 4.98 Å². The van der Waals surface area contributed by atoms with Gasteiger partial charge in [-0.3, -0.25) is 9.19 Å². The van der Waals surface area contributed by atoms with Crippen LogP contribution < -0.4 is 5.73 Å². The highest BCUT2D eigenvalue weighted by Crippen LogP contribution is 2.04. The van der Waals surface area contributed by atoms with Crippen molar-refractivity contribution in [2.75, 3.05) is 12.3 Å². The molecule has 84 valence electrons. The van der Waals surface area contributed by atoms with Crippen LogP contribution in [0.15, 0.2) is 18.2 Å². The molecule has 0 spiro atoms. The molecular weight excluding hydrogens is 208 g/mol. The summed E-state index contributed by atoms with van der Waals surface area (Å²) in [5.74, 6) is 1.51. The zero-order chi connectivity index (χ0) is 11.3. The molecule has 0 saturated heterocycles. The quantitative estimate of drug-likeness (QED) is 0.821. The molecule has 0 aromatic carbocycles. The van der Waals surface area contributed by atoms with E-state index in [1.54, 1.807) is 0 Å². The molecule has 2 unspecified atom stereocenters. The molecule has 2 N–H and O–H groups in total. The second-order valence-electron chi connectivity index (χ2n) is 3.86. The van der Waals surface area contributed by atoms with Gasteiger partial charge in [0.25, 0.3) is 0 Å². The molecule has 0 bridgehead atoms. The Labute approximate surface area is 93.6 Å². The van der Waals surface area contributed by atoms with Crippen LogP contribution in [-0.2, 0) is 16.6 Å². The predicted octanol–water partition coefficient (Wildman–Crippen LogP) is 1.23. The second-order valence-corrected chi connectivity index (χ2v) is 5.36. The highest BCUT2D eigenvalue weighted by Gasteiger charge is 2.07. The van der Waals surface area contributed by atoms with E-state index in [9.17, 15) is 4.21 Å². The van der Waals surface area contributed by atoms with Gasteiger partial charge in [-0.2, -0.15) is 0 Å². The molecule has 4 heteroatoms. The summed E-state index contributed by atoms with van der Waals surface area (Å²) in [4.78, 5) is 4.32. The summed E-state index contributed by atoms with van der Waals surface area (Å²) in [6, 6.07) is 5.80. The Balaban J connectivity index is 2.51. The number of rotatable bonds is 5. The number of pyridine rings is 1. The molecule has 0 amide bonds. The minimum Gasteiger partial charge on any atom is -0.330 e. The number of hydrogen-bond donors (Lipinski definition) is 1. The molecule has 1 aromatic heterocycles. The fourth-order valence-corrected chi connectivity index (χ4v) is 2.67. The van der Waals surface area contributed by atoms with Crippen LogP contribution in [0.2, 0.25) is 0 Å². The van der Waals surface area contributed by atoms with Crippen LogP contribution in [-0.4, -0.2) is 21.5 Å². The van der Waals surface area contributed by atoms with Gasteiger partial charge in [0.15, 0.2) is 0 Å². The Morgan fingerprint density at radius 2 is 2.27 bits per heavy atom. The molecule has 0 fully saturated rings. The monoisotopic (exact) mass is 226 g/mol. The van der Waals surface area contributed by atoms with Crippen LogP contribution in [0, 0.1) is 12.8 Å². The van der Waals surface area contributed by atoms with Gasteiger partial charge in [0.05, 0.1) is 11.4 Å². The first-order chi connectivity index (χ1) is 7.11. The maximum atomic E-state index is 11.7. The molecule has 0 aliphatic rings. The van der Waals surface area contributed by atoms with Crippen molar-refractivity contribution in [2.45, 2.75) is 19.6 Å². The summed E-state index contributed by atoms with van der Waals surface area (Å²) in [6.45, 7) is 4.55. The summed E-state index contributed by atoms with van der Waals surface area (Å²) >= 11 is 0. The Bertz CT molecular complexity index is 341. The lowest BCUT2D eigenvalue weighted by atomic mass is 10.2. The molecule has 0 aliphatic carbocycles. The minimum atomic E-state index is -0.852. The SMILES string of the molecule is Cc1cccc(CS(=O)CC(C)CN)n1. The van der Waals surface area contributed by atoms with Crippen LogP contribution in [0.3, 0.4) is 0 Å². The first-order valence-corrected chi connectivity index (χ1v) is 6.58. The number of aryl methyl sites for hydroxylation is 1. The molecule has 0 saturated carbocycles. The van der Waals surface area contributed by atoms with E-state index in [0.29, 0.717) is 24.0 Å². The van der Waals surface area contributed by atoms with Crippen molar-refractivity contribution in [3.63, 3.8) is 0 Å². The molecular formula is C11H18N2OS. The standard InChI is InChI=1S/C11H18N2OS/c1-9(6-12)7-15(14)8-11-5-3-4-10(2)13-11/h3-5,9H,6-8,12H2,1-2H3. The van der Waals surface area contributed by atoms with E-state index in [4.69, 9.17) is 5.73 Å². The molecule has 15 heavy (non-hydrogen) atoms. The first-order valence-electron chi connectivity index (χ1n) is 5.09. The van der Waals surface area contributed by atoms with E-state index < -0.39 is 10.8 Å². The lowest BCUT2D eigenvalue weighted by Crippen LogP contribution is -2.18. The van der Waals surface area contributed by atoms with Crippen LogP contribution in [0.5, 0.6) is 0 Å². The first kappa shape index (κ1) is 12.3. The van der Waals surface area contributed by atoms with Gasteiger partial charge in [0, 0.05) is 22.2 Å². The second kappa shape index (κ2) is 5.98. The van der Waals surface area contributed by atoms with E-state index in [0.717, 1.165) is 11.4 Å². The van der Waals surface area contributed by atoms with Crippen molar-refractivity contribution >= 4 is 10.8 Å². The van der Waals surface area contributed by atoms with Gasteiger partial charge in [-0.05, 0) is 31.5 Å². The fourth-order valence-electron chi connectivity index (χ4n) is 1.29. The molecule has 1 aromatic rings. The van der Waals surface area contributed by atoms with Gasteiger partial charge in [-0.1, -0.05) is 13.0 Å². The Morgan fingerprint density at radius 1 is 1.53 bits per heavy atom. The highest BCUT2D eigenvalue weighted by atomic mass is 32.2. The van der Waals surface area contributed by atoms with E-state index in [2.05, 4.69) is 4.98 Å². The molecule has 0 radical (unpaired) electrons. The molecule has 0 aliphatic heterocycles. The third-order valence-electron chi connectivity index (χ3n) is 2.13. The highest BCUT2D eigenvalue weighted by molar-refractivity contribution is 7.84. The normalized spacial score (nSPS) is 14.9. The number of hydrogen-bond acceptors (Lipinski definition) is 3. The topological polar surface area (TPSA) is 56.0 Å². The average Bonchev–Trinajstić information content (AvgIpc) is 2.17. The lowest BCUT2D eigenvalue weighted by Gasteiger charge is -2.07. The van der Waals surface area contributed by atoms with Gasteiger partial charge in [0.1, 0.15) is 0 Å². The Morgan fingerprint density at radius 3 is 2.87 bits per heavy atom. The van der Waals surface area contributed by atoms with Gasteiger partial charge < -0.3 is 5.73 Å². The largest absolute Gasteiger partial charge is 0.330 e. The number of nitrogens with two attached hydrogens (primary N) is 1. The number of nitrogens with zero attached hydrogens (tertiary/aromatic N) is 1. The summed E-state index contributed by atoms with van der Waals surface area (Å²) < 4.78 is 11.7. The van der Waals surface area contributed by atoms with Gasteiger partial charge >= 0.3 is 0 Å². The van der Waals surface area contributed by atoms with Crippen molar-refractivity contribution in [2.24, 2.45) is 11.7 Å². The van der Waals surface area contributed by atoms with E-state index in [1.807, 2.05) is 32.0 Å². The van der Waals surface area contributed by atoms with Gasteiger partial charge in [0.2, 0.25) is 0 Å². The minimum absolute atomic E-state index is 0.315. The van der Waals surface area contributed by atoms with E-state index in [-0.39, 0.29) is 0 Å². The smallest absolute Gasteiger partial charge is 0.0659 e. The maximum absolute atomic E-state index is 11.7. The summed E-state index contributed by atoms with van der Waals surface area (Å²) in [7, 11) is -0.852. The van der Waals surface area contributed by atoms with Gasteiger partial charge in [-0.25, -0.2) is 0 Å². The van der Waals surface area contributed by atoms with Crippen molar-refractivity contribution in [3.8, 4) is 0 Å². The fraction of sp³-hybridized carbons (Fsp3) is 0.545. The van der Waals surface area contributed by atoms with Gasteiger partial charge in [-0.15, -0.1) is 0 Å². The lowest BCUT2D eigenvalue weighted by molar-refractivity contribution is 0.640. The van der Waals surface area contributed by atoms with Crippen molar-refractivity contribution < 1.29 is 4.21 Å². The third-order valence-corrected chi connectivity index (χ3v) is 3.69. The molecule has 1 rings (SSSR count). The maximum Gasteiger partial charge on any atom is 0.0659 e. The Kier molecular flexibility index (Phi) is 4.91. The molecule has 2 atom stereocenters. The van der Waals surface area contributed by atoms with Crippen LogP contribution in [0.1, 0.15) is 18.3 Å². The van der Waals surface area contributed by atoms with Crippen molar-refractivity contribution in [1.29, 1.82) is 0 Å². The van der Waals surface area contributed by atoms with Crippen LogP contribution >= 0.6 is 0 Å². The Hall–Kier alpha value is -0.740. The average molecular weight is 226 g/mol. The molecule has 1 heterocycles. The van der Waals surface area contributed by atoms with E-state index >= 15 is 0 Å². The van der Waals surface area contributed by atoms with Crippen molar-refractivity contribution in [3.05, 3.63) is 29.6 Å². The van der Waals surface area contributed by atoms with Crippen LogP contribution in [0.4, 0.5) is 0 Å². The summed E-state index contributed by atoms with van der Waals surface area (Å²) in [6.07, 6.45) is 0. The summed E-state index contributed by atoms with van der Waals surface area (Å²) in [5.41, 5.74) is 7.36. The predicted molar refractivity (Wildman–Crippen MR) is 63.9 cm³/mol. The third kappa shape index (κ3) is 4.53. The molecule has 3 nitrogen and oxygen atoms in total. The van der Waals surface area contributed by atoms with E-state index in [1.165, 1.54) is 0 Å². The zero-order valence-corrected chi connectivity index (χ0v) is 10.1. The summed E-state index contributed by atoms with van der Waals surface area (Å²) in [5, 5.41) is 0. The zero-order valence-electron chi connectivity index (χ0n) is 9.27.